The molecule has 7 heteroatoms. The van der Waals surface area contributed by atoms with Crippen LogP contribution in [0, 0.1) is 19.7 Å². The Hall–Kier alpha value is -3.48. The van der Waals surface area contributed by atoms with Crippen LogP contribution in [-0.4, -0.2) is 23.0 Å². The molecular formula is C20H19FN4O2. The van der Waals surface area contributed by atoms with E-state index in [1.807, 2.05) is 19.1 Å². The van der Waals surface area contributed by atoms with Gasteiger partial charge in [-0.2, -0.15) is 0 Å². The molecule has 6 nitrogen and oxygen atoms in total. The lowest BCUT2D eigenvalue weighted by atomic mass is 10.2. The summed E-state index contributed by atoms with van der Waals surface area (Å²) in [5, 5.41) is 5.67. The lowest BCUT2D eigenvalue weighted by Crippen LogP contribution is -2.16. The summed E-state index contributed by atoms with van der Waals surface area (Å²) in [7, 11) is 1.53. The minimum absolute atomic E-state index is 0.157. The predicted molar refractivity (Wildman–Crippen MR) is 102 cm³/mol. The van der Waals surface area contributed by atoms with Crippen LogP contribution in [0.25, 0.3) is 0 Å². The number of carbonyl (C=O) groups is 1. The fourth-order valence-corrected chi connectivity index (χ4v) is 2.55. The molecule has 1 amide bonds. The zero-order chi connectivity index (χ0) is 19.4. The zero-order valence-electron chi connectivity index (χ0n) is 15.2. The molecule has 27 heavy (non-hydrogen) atoms. The van der Waals surface area contributed by atoms with Gasteiger partial charge in [-0.05, 0) is 43.7 Å². The molecule has 0 saturated heterocycles. The fraction of sp³-hybridized carbons (Fsp3) is 0.150. The Morgan fingerprint density at radius 2 is 1.81 bits per heavy atom. The maximum Gasteiger partial charge on any atom is 0.274 e. The SMILES string of the molecule is COc1ccc(C)cc1NC(=O)c1cc(Nc2ccccc2F)nc(C)n1. The molecule has 0 saturated carbocycles. The highest BCUT2D eigenvalue weighted by Crippen LogP contribution is 2.26. The molecule has 2 N–H and O–H groups in total. The summed E-state index contributed by atoms with van der Waals surface area (Å²) in [6.07, 6.45) is 0. The van der Waals surface area contributed by atoms with E-state index in [0.29, 0.717) is 23.1 Å². The molecule has 0 aliphatic carbocycles. The lowest BCUT2D eigenvalue weighted by Gasteiger charge is -2.12. The maximum atomic E-state index is 13.8. The van der Waals surface area contributed by atoms with Crippen LogP contribution < -0.4 is 15.4 Å². The quantitative estimate of drug-likeness (QED) is 0.706. The Labute approximate surface area is 156 Å². The standard InChI is InChI=1S/C20H19FN4O2/c1-12-8-9-18(27-3)16(10-12)25-20(26)17-11-19(23-13(2)22-17)24-15-7-5-4-6-14(15)21/h4-11H,1-3H3,(H,25,26)(H,22,23,24). The van der Waals surface area contributed by atoms with E-state index >= 15 is 0 Å². The third-order valence-electron chi connectivity index (χ3n) is 3.81. The van der Waals surface area contributed by atoms with E-state index in [2.05, 4.69) is 20.6 Å². The van der Waals surface area contributed by atoms with Crippen LogP contribution in [0.15, 0.2) is 48.5 Å². The summed E-state index contributed by atoms with van der Waals surface area (Å²) in [5.74, 6) is 0.432. The van der Waals surface area contributed by atoms with Crippen molar-refractivity contribution in [1.82, 2.24) is 9.97 Å². The molecule has 138 valence electrons. The third-order valence-corrected chi connectivity index (χ3v) is 3.81. The first kappa shape index (κ1) is 18.3. The zero-order valence-corrected chi connectivity index (χ0v) is 15.2. The number of halogens is 1. The van der Waals surface area contributed by atoms with Crippen LogP contribution in [0.4, 0.5) is 21.6 Å². The van der Waals surface area contributed by atoms with Gasteiger partial charge in [0.1, 0.15) is 28.9 Å². The summed E-state index contributed by atoms with van der Waals surface area (Å²) >= 11 is 0. The minimum atomic E-state index is -0.416. The van der Waals surface area contributed by atoms with E-state index in [9.17, 15) is 9.18 Å². The Balaban J connectivity index is 1.86. The van der Waals surface area contributed by atoms with Crippen molar-refractivity contribution < 1.29 is 13.9 Å². The number of nitrogens with one attached hydrogen (secondary N) is 2. The van der Waals surface area contributed by atoms with Gasteiger partial charge in [0.15, 0.2) is 0 Å². The number of anilines is 3. The van der Waals surface area contributed by atoms with Crippen molar-refractivity contribution in [1.29, 1.82) is 0 Å². The van der Waals surface area contributed by atoms with Crippen LogP contribution in [0.1, 0.15) is 21.9 Å². The number of aryl methyl sites for hydroxylation is 2. The van der Waals surface area contributed by atoms with Crippen LogP contribution in [0.5, 0.6) is 5.75 Å². The number of hydrogen-bond acceptors (Lipinski definition) is 5. The van der Waals surface area contributed by atoms with Crippen molar-refractivity contribution in [2.75, 3.05) is 17.7 Å². The molecule has 1 heterocycles. The highest BCUT2D eigenvalue weighted by atomic mass is 19.1. The maximum absolute atomic E-state index is 13.8. The topological polar surface area (TPSA) is 76.1 Å². The number of methoxy groups -OCH3 is 1. The van der Waals surface area contributed by atoms with Crippen LogP contribution >= 0.6 is 0 Å². The summed E-state index contributed by atoms with van der Waals surface area (Å²) in [4.78, 5) is 21.0. The van der Waals surface area contributed by atoms with Crippen molar-refractivity contribution in [3.63, 3.8) is 0 Å². The lowest BCUT2D eigenvalue weighted by molar-refractivity contribution is 0.102. The number of rotatable bonds is 5. The van der Waals surface area contributed by atoms with E-state index in [-0.39, 0.29) is 11.4 Å². The third kappa shape index (κ3) is 4.38. The van der Waals surface area contributed by atoms with Crippen molar-refractivity contribution in [2.45, 2.75) is 13.8 Å². The molecule has 1 aromatic heterocycles. The summed E-state index contributed by atoms with van der Waals surface area (Å²) in [5.41, 5.74) is 1.95. The van der Waals surface area contributed by atoms with Crippen molar-refractivity contribution in [3.8, 4) is 5.75 Å². The van der Waals surface area contributed by atoms with Gasteiger partial charge in [-0.3, -0.25) is 4.79 Å². The first-order valence-electron chi connectivity index (χ1n) is 8.29. The van der Waals surface area contributed by atoms with Crippen molar-refractivity contribution >= 4 is 23.1 Å². The molecule has 0 fully saturated rings. The Bertz CT molecular complexity index is 991. The van der Waals surface area contributed by atoms with Gasteiger partial charge >= 0.3 is 0 Å². The first-order valence-corrected chi connectivity index (χ1v) is 8.29. The minimum Gasteiger partial charge on any atom is -0.495 e. The molecule has 3 rings (SSSR count). The van der Waals surface area contributed by atoms with Gasteiger partial charge in [-0.15, -0.1) is 0 Å². The molecule has 2 aromatic carbocycles. The van der Waals surface area contributed by atoms with Crippen LogP contribution in [0.3, 0.4) is 0 Å². The number of hydrogen-bond donors (Lipinski definition) is 2. The Morgan fingerprint density at radius 3 is 2.56 bits per heavy atom. The Kier molecular flexibility index (Phi) is 5.30. The summed E-state index contributed by atoms with van der Waals surface area (Å²) < 4.78 is 19.1. The first-order chi connectivity index (χ1) is 13.0. The van der Waals surface area contributed by atoms with E-state index < -0.39 is 11.7 Å². The van der Waals surface area contributed by atoms with Crippen LogP contribution in [-0.2, 0) is 0 Å². The second kappa shape index (κ2) is 7.82. The molecule has 0 radical (unpaired) electrons. The van der Waals surface area contributed by atoms with Gasteiger partial charge in [-0.1, -0.05) is 18.2 Å². The molecule has 0 spiro atoms. The number of amides is 1. The monoisotopic (exact) mass is 366 g/mol. The van der Waals surface area contributed by atoms with Gasteiger partial charge in [0.25, 0.3) is 5.91 Å². The molecule has 0 aliphatic heterocycles. The van der Waals surface area contributed by atoms with E-state index in [1.54, 1.807) is 31.2 Å². The van der Waals surface area contributed by atoms with Gasteiger partial charge in [0.2, 0.25) is 0 Å². The highest BCUT2D eigenvalue weighted by Gasteiger charge is 2.14. The number of para-hydroxylation sites is 1. The van der Waals surface area contributed by atoms with Crippen LogP contribution in [0.2, 0.25) is 0 Å². The fourth-order valence-electron chi connectivity index (χ4n) is 2.55. The number of nitrogens with zero attached hydrogens (tertiary/aromatic N) is 2. The van der Waals surface area contributed by atoms with Gasteiger partial charge < -0.3 is 15.4 Å². The largest absolute Gasteiger partial charge is 0.495 e. The van der Waals surface area contributed by atoms with Gasteiger partial charge in [0, 0.05) is 6.07 Å². The smallest absolute Gasteiger partial charge is 0.274 e. The van der Waals surface area contributed by atoms with Crippen molar-refractivity contribution in [3.05, 3.63) is 71.4 Å². The normalized spacial score (nSPS) is 10.4. The highest BCUT2D eigenvalue weighted by molar-refractivity contribution is 6.04. The molecular weight excluding hydrogens is 347 g/mol. The molecule has 0 aliphatic rings. The molecule has 0 bridgehead atoms. The number of ether oxygens (including phenoxy) is 1. The van der Waals surface area contributed by atoms with E-state index in [0.717, 1.165) is 5.56 Å². The summed E-state index contributed by atoms with van der Waals surface area (Å²) in [6, 6.07) is 13.2. The average molecular weight is 366 g/mol. The van der Waals surface area contributed by atoms with E-state index in [1.165, 1.54) is 19.2 Å². The molecule has 0 atom stereocenters. The number of carbonyl (C=O) groups excluding carboxylic acids is 1. The predicted octanol–water partition coefficient (Wildman–Crippen LogP) is 4.24. The number of aromatic nitrogens is 2. The van der Waals surface area contributed by atoms with E-state index in [4.69, 9.17) is 4.74 Å². The van der Waals surface area contributed by atoms with Gasteiger partial charge in [0.05, 0.1) is 18.5 Å². The molecule has 3 aromatic rings. The second-order valence-electron chi connectivity index (χ2n) is 5.95. The molecule has 0 unspecified atom stereocenters. The Morgan fingerprint density at radius 1 is 1.04 bits per heavy atom. The van der Waals surface area contributed by atoms with Gasteiger partial charge in [-0.25, -0.2) is 14.4 Å². The summed E-state index contributed by atoms with van der Waals surface area (Å²) in [6.45, 7) is 3.58. The second-order valence-corrected chi connectivity index (χ2v) is 5.95. The average Bonchev–Trinajstić information content (AvgIpc) is 2.63. The number of benzene rings is 2. The van der Waals surface area contributed by atoms with Crippen molar-refractivity contribution in [2.24, 2.45) is 0 Å².